The van der Waals surface area contributed by atoms with Crippen molar-refractivity contribution in [2.75, 3.05) is 13.1 Å². The molecule has 2 rings (SSSR count). The van der Waals surface area contributed by atoms with E-state index >= 15 is 0 Å². The molecule has 17 heavy (non-hydrogen) atoms. The van der Waals surface area contributed by atoms with Gasteiger partial charge < -0.3 is 10.6 Å². The molecule has 1 heterocycles. The second kappa shape index (κ2) is 4.97. The minimum absolute atomic E-state index is 0.177. The molecule has 3 heteroatoms. The zero-order valence-electron chi connectivity index (χ0n) is 11.4. The lowest BCUT2D eigenvalue weighted by molar-refractivity contribution is -0.130. The first-order valence-corrected chi connectivity index (χ1v) is 7.01. The fraction of sp³-hybridized carbons (Fsp3) is 0.929. The Balaban J connectivity index is 1.89. The average Bonchev–Trinajstić information content (AvgIpc) is 2.64. The van der Waals surface area contributed by atoms with Gasteiger partial charge >= 0.3 is 0 Å². The van der Waals surface area contributed by atoms with Gasteiger partial charge in [-0.1, -0.05) is 13.8 Å². The van der Waals surface area contributed by atoms with Crippen molar-refractivity contribution in [3.63, 3.8) is 0 Å². The van der Waals surface area contributed by atoms with Gasteiger partial charge in [0.2, 0.25) is 5.91 Å². The van der Waals surface area contributed by atoms with Crippen molar-refractivity contribution in [1.82, 2.24) is 10.6 Å². The van der Waals surface area contributed by atoms with E-state index in [-0.39, 0.29) is 11.3 Å². The van der Waals surface area contributed by atoms with Crippen LogP contribution in [0.4, 0.5) is 0 Å². The third kappa shape index (κ3) is 3.01. The molecule has 1 aliphatic carbocycles. The molecule has 98 valence electrons. The molecule has 0 radical (unpaired) electrons. The van der Waals surface area contributed by atoms with Crippen LogP contribution in [0.5, 0.6) is 0 Å². The second-order valence-corrected chi connectivity index (χ2v) is 6.58. The molecule has 0 aromatic carbocycles. The van der Waals surface area contributed by atoms with Crippen molar-refractivity contribution >= 4 is 5.91 Å². The van der Waals surface area contributed by atoms with Gasteiger partial charge in [0.15, 0.2) is 0 Å². The van der Waals surface area contributed by atoms with E-state index in [9.17, 15) is 4.79 Å². The van der Waals surface area contributed by atoms with Crippen LogP contribution in [0.15, 0.2) is 0 Å². The Morgan fingerprint density at radius 1 is 1.24 bits per heavy atom. The lowest BCUT2D eigenvalue weighted by Crippen LogP contribution is -2.47. The van der Waals surface area contributed by atoms with E-state index < -0.39 is 0 Å². The Labute approximate surface area is 105 Å². The topological polar surface area (TPSA) is 41.1 Å². The maximum Gasteiger partial charge on any atom is 0.227 e. The van der Waals surface area contributed by atoms with Crippen LogP contribution >= 0.6 is 0 Å². The van der Waals surface area contributed by atoms with Gasteiger partial charge in [-0.3, -0.25) is 4.79 Å². The number of hydrogen-bond donors (Lipinski definition) is 2. The highest BCUT2D eigenvalue weighted by molar-refractivity contribution is 5.83. The molecule has 2 N–H and O–H groups in total. The number of rotatable bonds is 2. The molecule has 0 aromatic rings. The molecule has 0 spiro atoms. The zero-order chi connectivity index (χ0) is 12.5. The number of nitrogens with one attached hydrogen (secondary N) is 2. The molecule has 0 aromatic heterocycles. The standard InChI is InChI=1S/C14H26N2O/c1-10-6-11(2)8-12(7-10)16-13(17)14(3)4-5-15-9-14/h10-12,15H,4-9H2,1-3H3,(H,16,17). The molecule has 1 saturated carbocycles. The average molecular weight is 238 g/mol. The molecular weight excluding hydrogens is 212 g/mol. The van der Waals surface area contributed by atoms with Gasteiger partial charge in [-0.25, -0.2) is 0 Å². The SMILES string of the molecule is CC1CC(C)CC(NC(=O)C2(C)CCNC2)C1. The van der Waals surface area contributed by atoms with Gasteiger partial charge in [0.25, 0.3) is 0 Å². The summed E-state index contributed by atoms with van der Waals surface area (Å²) in [5, 5.41) is 6.57. The lowest BCUT2D eigenvalue weighted by atomic mass is 9.79. The molecule has 3 atom stereocenters. The highest BCUT2D eigenvalue weighted by atomic mass is 16.2. The molecule has 1 amide bonds. The maximum atomic E-state index is 12.3. The van der Waals surface area contributed by atoms with Gasteiger partial charge in [-0.2, -0.15) is 0 Å². The molecule has 1 aliphatic heterocycles. The van der Waals surface area contributed by atoms with Crippen LogP contribution in [0.2, 0.25) is 0 Å². The Kier molecular flexibility index (Phi) is 3.76. The summed E-state index contributed by atoms with van der Waals surface area (Å²) in [6.07, 6.45) is 4.58. The fourth-order valence-corrected chi connectivity index (χ4v) is 3.44. The maximum absolute atomic E-state index is 12.3. The normalized spacial score (nSPS) is 42.4. The van der Waals surface area contributed by atoms with E-state index in [1.165, 1.54) is 6.42 Å². The molecule has 0 bridgehead atoms. The first-order chi connectivity index (χ1) is 7.99. The predicted molar refractivity (Wildman–Crippen MR) is 69.7 cm³/mol. The minimum Gasteiger partial charge on any atom is -0.353 e. The summed E-state index contributed by atoms with van der Waals surface area (Å²) in [6.45, 7) is 8.48. The first kappa shape index (κ1) is 12.9. The lowest BCUT2D eigenvalue weighted by Gasteiger charge is -2.34. The molecule has 2 aliphatic rings. The van der Waals surface area contributed by atoms with Gasteiger partial charge in [0.05, 0.1) is 5.41 Å². The van der Waals surface area contributed by atoms with E-state index in [1.54, 1.807) is 0 Å². The van der Waals surface area contributed by atoms with Crippen molar-refractivity contribution in [1.29, 1.82) is 0 Å². The largest absolute Gasteiger partial charge is 0.353 e. The summed E-state index contributed by atoms with van der Waals surface area (Å²) >= 11 is 0. The highest BCUT2D eigenvalue weighted by Gasteiger charge is 2.37. The van der Waals surface area contributed by atoms with Crippen LogP contribution in [0, 0.1) is 17.3 Å². The summed E-state index contributed by atoms with van der Waals surface area (Å²) < 4.78 is 0. The smallest absolute Gasteiger partial charge is 0.227 e. The third-order valence-electron chi connectivity index (χ3n) is 4.43. The summed E-state index contributed by atoms with van der Waals surface area (Å²) in [5.74, 6) is 1.76. The summed E-state index contributed by atoms with van der Waals surface area (Å²) in [5.41, 5.74) is -0.177. The number of hydrogen-bond acceptors (Lipinski definition) is 2. The van der Waals surface area contributed by atoms with Crippen molar-refractivity contribution in [3.05, 3.63) is 0 Å². The van der Waals surface area contributed by atoms with Crippen LogP contribution in [-0.4, -0.2) is 25.0 Å². The van der Waals surface area contributed by atoms with Gasteiger partial charge in [-0.15, -0.1) is 0 Å². The molecule has 3 nitrogen and oxygen atoms in total. The number of amides is 1. The number of carbonyl (C=O) groups excluding carboxylic acids is 1. The summed E-state index contributed by atoms with van der Waals surface area (Å²) in [6, 6.07) is 0.402. The molecule has 2 fully saturated rings. The second-order valence-electron chi connectivity index (χ2n) is 6.58. The zero-order valence-corrected chi connectivity index (χ0v) is 11.4. The molecular formula is C14H26N2O. The Bertz CT molecular complexity index is 274. The van der Waals surface area contributed by atoms with Crippen molar-refractivity contribution in [3.8, 4) is 0 Å². The van der Waals surface area contributed by atoms with Crippen LogP contribution in [0.25, 0.3) is 0 Å². The Hall–Kier alpha value is -0.570. The van der Waals surface area contributed by atoms with E-state index in [0.717, 1.165) is 44.2 Å². The third-order valence-corrected chi connectivity index (χ3v) is 4.43. The first-order valence-electron chi connectivity index (χ1n) is 7.01. The van der Waals surface area contributed by atoms with Crippen molar-refractivity contribution in [2.24, 2.45) is 17.3 Å². The minimum atomic E-state index is -0.177. The van der Waals surface area contributed by atoms with Crippen molar-refractivity contribution < 1.29 is 4.79 Å². The highest BCUT2D eigenvalue weighted by Crippen LogP contribution is 2.30. The van der Waals surface area contributed by atoms with Crippen LogP contribution < -0.4 is 10.6 Å². The summed E-state index contributed by atoms with van der Waals surface area (Å²) in [4.78, 5) is 12.3. The van der Waals surface area contributed by atoms with Gasteiger partial charge in [0.1, 0.15) is 0 Å². The molecule has 3 unspecified atom stereocenters. The monoisotopic (exact) mass is 238 g/mol. The van der Waals surface area contributed by atoms with E-state index in [1.807, 2.05) is 0 Å². The Morgan fingerprint density at radius 2 is 1.88 bits per heavy atom. The van der Waals surface area contributed by atoms with E-state index in [4.69, 9.17) is 0 Å². The number of carbonyl (C=O) groups is 1. The van der Waals surface area contributed by atoms with Crippen LogP contribution in [0.3, 0.4) is 0 Å². The predicted octanol–water partition coefficient (Wildman–Crippen LogP) is 1.93. The van der Waals surface area contributed by atoms with Crippen LogP contribution in [0.1, 0.15) is 46.5 Å². The quantitative estimate of drug-likeness (QED) is 0.772. The van der Waals surface area contributed by atoms with E-state index in [0.29, 0.717) is 6.04 Å². The van der Waals surface area contributed by atoms with Crippen molar-refractivity contribution in [2.45, 2.75) is 52.5 Å². The fourth-order valence-electron chi connectivity index (χ4n) is 3.44. The molecule has 1 saturated heterocycles. The van der Waals surface area contributed by atoms with Crippen LogP contribution in [-0.2, 0) is 4.79 Å². The summed E-state index contributed by atoms with van der Waals surface area (Å²) in [7, 11) is 0. The van der Waals surface area contributed by atoms with Gasteiger partial charge in [0, 0.05) is 12.6 Å². The van der Waals surface area contributed by atoms with E-state index in [2.05, 4.69) is 31.4 Å². The Morgan fingerprint density at radius 3 is 2.41 bits per heavy atom. The van der Waals surface area contributed by atoms with Gasteiger partial charge in [-0.05, 0) is 51.0 Å².